The standard InChI is InChI=1S/C18H17N2O.C18H16N2.CH2Cl2/c1-13-5-3-7-15(11-13)17-18(20(21)10-9-19-17)16-8-4-6-14(2)12-16;1-13-5-3-7-15(11-13)17-18(20-10-9-19-17)16-8-4-6-14(2)12-16;2-1-3/h3-12H,1-2H3,(H,19,21);3-12H,1-2H3;1H2/q+1;;. The van der Waals surface area contributed by atoms with E-state index >= 15 is 0 Å². The van der Waals surface area contributed by atoms with Crippen molar-refractivity contribution in [3.05, 3.63) is 149 Å². The lowest BCUT2D eigenvalue weighted by Crippen LogP contribution is -2.18. The van der Waals surface area contributed by atoms with Gasteiger partial charge in [0.25, 0.3) is 5.69 Å². The van der Waals surface area contributed by atoms with Crippen LogP contribution >= 0.6 is 23.2 Å². The van der Waals surface area contributed by atoms with Crippen LogP contribution in [0.25, 0.3) is 45.0 Å². The molecule has 0 aliphatic rings. The number of nitrogens with one attached hydrogen (secondary N) is 1. The fraction of sp³-hybridized carbons (Fsp3) is 0.135. The maximum Gasteiger partial charge on any atom is 0.293 e. The number of benzene rings is 4. The van der Waals surface area contributed by atoms with E-state index in [-0.39, 0.29) is 5.34 Å². The quantitative estimate of drug-likeness (QED) is 0.157. The number of aromatic amines is 1. The summed E-state index contributed by atoms with van der Waals surface area (Å²) in [5, 5.41) is 0.194. The molecule has 0 saturated carbocycles. The van der Waals surface area contributed by atoms with Gasteiger partial charge in [0.05, 0.1) is 32.9 Å². The summed E-state index contributed by atoms with van der Waals surface area (Å²) in [4.78, 5) is 24.6. The van der Waals surface area contributed by atoms with Crippen LogP contribution in [0, 0.1) is 32.6 Å². The minimum atomic E-state index is 0.194. The van der Waals surface area contributed by atoms with Gasteiger partial charge in [0.2, 0.25) is 6.20 Å². The normalized spacial score (nSPS) is 10.2. The Bertz CT molecular complexity index is 1840. The van der Waals surface area contributed by atoms with Gasteiger partial charge >= 0.3 is 0 Å². The molecule has 0 saturated heterocycles. The number of hydrogen-bond donors (Lipinski definition) is 1. The number of aryl methyl sites for hydroxylation is 4. The summed E-state index contributed by atoms with van der Waals surface area (Å²) < 4.78 is 0.920. The first-order valence-electron chi connectivity index (χ1n) is 14.2. The third-order valence-corrected chi connectivity index (χ3v) is 6.77. The van der Waals surface area contributed by atoms with E-state index in [1.54, 1.807) is 18.6 Å². The van der Waals surface area contributed by atoms with E-state index in [0.717, 1.165) is 54.9 Å². The molecule has 6 rings (SSSR count). The number of nitrogens with zero attached hydrogens (tertiary/aromatic N) is 3. The Balaban J connectivity index is 0.000000185. The first kappa shape index (κ1) is 32.3. The van der Waals surface area contributed by atoms with E-state index in [2.05, 4.69) is 83.4 Å². The lowest BCUT2D eigenvalue weighted by molar-refractivity contribution is -0.482. The van der Waals surface area contributed by atoms with Crippen LogP contribution in [0.15, 0.2) is 122 Å². The van der Waals surface area contributed by atoms with E-state index in [0.29, 0.717) is 5.69 Å². The average molecular weight is 623 g/mol. The molecule has 2 heterocycles. The first-order chi connectivity index (χ1) is 21.3. The molecule has 2 aromatic heterocycles. The van der Waals surface area contributed by atoms with Gasteiger partial charge in [-0.1, -0.05) is 89.0 Å². The molecule has 0 atom stereocenters. The molecule has 222 valence electrons. The van der Waals surface area contributed by atoms with Gasteiger partial charge in [-0.05, 0) is 58.0 Å². The van der Waals surface area contributed by atoms with Crippen LogP contribution in [0.1, 0.15) is 22.3 Å². The molecular weight excluding hydrogens is 587 g/mol. The second-order valence-corrected chi connectivity index (χ2v) is 11.2. The number of halogens is 2. The number of hydrogen-bond acceptors (Lipinski definition) is 3. The molecule has 0 unspecified atom stereocenters. The maximum absolute atomic E-state index is 12.3. The van der Waals surface area contributed by atoms with Gasteiger partial charge < -0.3 is 4.98 Å². The monoisotopic (exact) mass is 621 g/mol. The number of rotatable bonds is 4. The summed E-state index contributed by atoms with van der Waals surface area (Å²) in [5.41, 5.74) is 12.2. The van der Waals surface area contributed by atoms with Crippen molar-refractivity contribution in [3.63, 3.8) is 0 Å². The van der Waals surface area contributed by atoms with Gasteiger partial charge in [-0.15, -0.1) is 23.2 Å². The van der Waals surface area contributed by atoms with E-state index in [4.69, 9.17) is 23.2 Å². The molecule has 1 N–H and O–H groups in total. The molecule has 0 aliphatic carbocycles. The van der Waals surface area contributed by atoms with Crippen LogP contribution in [-0.4, -0.2) is 20.3 Å². The van der Waals surface area contributed by atoms with Crippen molar-refractivity contribution in [2.75, 3.05) is 5.34 Å². The molecule has 0 bridgehead atoms. The summed E-state index contributed by atoms with van der Waals surface area (Å²) in [6.45, 7) is 8.25. The smallest absolute Gasteiger partial charge is 0.293 e. The van der Waals surface area contributed by atoms with Crippen molar-refractivity contribution in [2.45, 2.75) is 27.7 Å². The fourth-order valence-corrected chi connectivity index (χ4v) is 4.87. The second-order valence-electron chi connectivity index (χ2n) is 10.3. The largest absolute Gasteiger partial charge is 0.350 e. The fourth-order valence-electron chi connectivity index (χ4n) is 4.87. The molecule has 0 radical (unpaired) electrons. The molecule has 0 spiro atoms. The molecule has 44 heavy (non-hydrogen) atoms. The predicted molar refractivity (Wildman–Crippen MR) is 183 cm³/mol. The second kappa shape index (κ2) is 15.8. The van der Waals surface area contributed by atoms with E-state index < -0.39 is 0 Å². The highest BCUT2D eigenvalue weighted by molar-refractivity contribution is 6.40. The molecule has 0 aliphatic heterocycles. The van der Waals surface area contributed by atoms with Gasteiger partial charge in [0, 0.05) is 34.0 Å². The minimum Gasteiger partial charge on any atom is -0.350 e. The van der Waals surface area contributed by atoms with Crippen molar-refractivity contribution >= 4 is 23.2 Å². The van der Waals surface area contributed by atoms with Crippen LogP contribution in [0.3, 0.4) is 0 Å². The van der Waals surface area contributed by atoms with Crippen LogP contribution < -0.4 is 4.43 Å². The van der Waals surface area contributed by atoms with Crippen molar-refractivity contribution in [2.24, 2.45) is 0 Å². The Labute approximate surface area is 268 Å². The van der Waals surface area contributed by atoms with Gasteiger partial charge in [0.1, 0.15) is 5.69 Å². The van der Waals surface area contributed by atoms with Gasteiger partial charge in [-0.25, -0.2) is 0 Å². The van der Waals surface area contributed by atoms with Crippen LogP contribution in [0.4, 0.5) is 0 Å². The minimum absolute atomic E-state index is 0.194. The lowest BCUT2D eigenvalue weighted by atomic mass is 10.0. The molecule has 0 fully saturated rings. The maximum atomic E-state index is 12.3. The van der Waals surface area contributed by atoms with Gasteiger partial charge in [-0.3, -0.25) is 9.97 Å². The summed E-state index contributed by atoms with van der Waals surface area (Å²) >= 11 is 9.53. The third-order valence-electron chi connectivity index (χ3n) is 6.77. The zero-order chi connectivity index (χ0) is 31.5. The summed E-state index contributed by atoms with van der Waals surface area (Å²) in [5.74, 6) is 0. The molecule has 4 aromatic carbocycles. The van der Waals surface area contributed by atoms with Crippen LogP contribution in [0.2, 0.25) is 0 Å². The van der Waals surface area contributed by atoms with E-state index in [1.807, 2.05) is 56.3 Å². The Morgan fingerprint density at radius 1 is 0.614 bits per heavy atom. The van der Waals surface area contributed by atoms with Crippen molar-refractivity contribution < 1.29 is 4.43 Å². The number of H-pyrrole nitrogens is 1. The highest BCUT2D eigenvalue weighted by atomic mass is 35.5. The zero-order valence-corrected chi connectivity index (χ0v) is 26.8. The highest BCUT2D eigenvalue weighted by Crippen LogP contribution is 2.29. The topological polar surface area (TPSA) is 64.5 Å². The SMILES string of the molecule is Cc1cccc(-c2[nH]cc[n+](=O)c2-c2cccc(C)c2)c1.Cc1cccc(-c2nccnc2-c2cccc(C)c2)c1.ClCCl. The molecule has 5 nitrogen and oxygen atoms in total. The third kappa shape index (κ3) is 8.50. The van der Waals surface area contributed by atoms with Crippen LogP contribution in [-0.2, 0) is 0 Å². The molecule has 7 heteroatoms. The molecule has 0 amide bonds. The van der Waals surface area contributed by atoms with Crippen molar-refractivity contribution in [1.29, 1.82) is 0 Å². The molecule has 6 aromatic rings. The van der Waals surface area contributed by atoms with Gasteiger partial charge in [0.15, 0.2) is 0 Å². The predicted octanol–water partition coefficient (Wildman–Crippen LogP) is 9.73. The zero-order valence-electron chi connectivity index (χ0n) is 25.3. The first-order valence-corrected chi connectivity index (χ1v) is 15.2. The van der Waals surface area contributed by atoms with Gasteiger partial charge in [-0.2, -0.15) is 0 Å². The van der Waals surface area contributed by atoms with Crippen molar-refractivity contribution in [3.8, 4) is 45.0 Å². The van der Waals surface area contributed by atoms with Crippen molar-refractivity contribution in [1.82, 2.24) is 15.0 Å². The molecular formula is C37H35Cl2N4O+. The summed E-state index contributed by atoms with van der Waals surface area (Å²) in [6.07, 6.45) is 6.66. The summed E-state index contributed by atoms with van der Waals surface area (Å²) in [7, 11) is 0. The number of aromatic nitrogens is 4. The Morgan fingerprint density at radius 2 is 1.00 bits per heavy atom. The average Bonchev–Trinajstić information content (AvgIpc) is 3.02. The summed E-state index contributed by atoms with van der Waals surface area (Å²) in [6, 6.07) is 32.8. The lowest BCUT2D eigenvalue weighted by Gasteiger charge is -2.09. The Morgan fingerprint density at radius 3 is 1.45 bits per heavy atom. The highest BCUT2D eigenvalue weighted by Gasteiger charge is 2.19. The Hall–Kier alpha value is -4.58. The Kier molecular flexibility index (Phi) is 11.6. The number of alkyl halides is 2. The van der Waals surface area contributed by atoms with Crippen LogP contribution in [0.5, 0.6) is 0 Å². The van der Waals surface area contributed by atoms with E-state index in [1.165, 1.54) is 17.3 Å². The van der Waals surface area contributed by atoms with E-state index in [9.17, 15) is 4.91 Å².